The third-order valence-electron chi connectivity index (χ3n) is 5.91. The van der Waals surface area contributed by atoms with Crippen LogP contribution in [0.1, 0.15) is 48.3 Å². The first-order valence-electron chi connectivity index (χ1n) is 11.6. The highest BCUT2D eigenvalue weighted by molar-refractivity contribution is 6.01. The third kappa shape index (κ3) is 5.69. The van der Waals surface area contributed by atoms with Gasteiger partial charge in [-0.1, -0.05) is 24.3 Å². The molecule has 0 saturated heterocycles. The second-order valence-corrected chi connectivity index (χ2v) is 8.66. The molecule has 0 aliphatic heterocycles. The van der Waals surface area contributed by atoms with Gasteiger partial charge in [0.15, 0.2) is 11.4 Å². The first-order chi connectivity index (χ1) is 18.1. The molecule has 0 unspecified atom stereocenters. The highest BCUT2D eigenvalue weighted by Crippen LogP contribution is 2.39. The van der Waals surface area contributed by atoms with Crippen molar-refractivity contribution in [1.29, 1.82) is 0 Å². The Bertz CT molecular complexity index is 1370. The summed E-state index contributed by atoms with van der Waals surface area (Å²) in [6.07, 6.45) is 1.92. The molecule has 4 rings (SSSR count). The summed E-state index contributed by atoms with van der Waals surface area (Å²) in [6.45, 7) is 2.73. The van der Waals surface area contributed by atoms with Crippen LogP contribution < -0.4 is 14.8 Å². The van der Waals surface area contributed by atoms with Crippen molar-refractivity contribution in [2.75, 3.05) is 7.11 Å². The number of hydrogen-bond acceptors (Lipinski definition) is 7. The number of pyridine rings is 1. The number of benzene rings is 2. The molecule has 1 aliphatic carbocycles. The minimum Gasteiger partial charge on any atom is -0.493 e. The number of carbonyl (C=O) groups excluding carboxylic acids is 3. The van der Waals surface area contributed by atoms with Crippen molar-refractivity contribution in [2.24, 2.45) is 0 Å². The fourth-order valence-corrected chi connectivity index (χ4v) is 3.87. The number of nitrogens with zero attached hydrogens (tertiary/aromatic N) is 1. The van der Waals surface area contributed by atoms with Crippen LogP contribution in [0, 0.1) is 11.6 Å². The molecule has 1 N–H and O–H groups in total. The summed E-state index contributed by atoms with van der Waals surface area (Å²) >= 11 is 0. The predicted molar refractivity (Wildman–Crippen MR) is 132 cm³/mol. The van der Waals surface area contributed by atoms with Gasteiger partial charge in [-0.3, -0.25) is 9.59 Å². The van der Waals surface area contributed by atoms with Crippen molar-refractivity contribution in [2.45, 2.75) is 32.2 Å². The maximum atomic E-state index is 13.6. The van der Waals surface area contributed by atoms with E-state index in [1.807, 2.05) is 0 Å². The van der Waals surface area contributed by atoms with Crippen LogP contribution >= 0.6 is 0 Å². The van der Waals surface area contributed by atoms with Gasteiger partial charge < -0.3 is 19.5 Å². The second kappa shape index (κ2) is 10.8. The molecule has 1 heterocycles. The average molecular weight is 523 g/mol. The normalized spacial score (nSPS) is 13.2. The van der Waals surface area contributed by atoms with Gasteiger partial charge in [-0.25, -0.2) is 18.6 Å². The lowest BCUT2D eigenvalue weighted by Crippen LogP contribution is -2.44. The van der Waals surface area contributed by atoms with E-state index in [4.69, 9.17) is 14.2 Å². The van der Waals surface area contributed by atoms with Crippen LogP contribution in [0.3, 0.4) is 0 Å². The molecular formula is C28H24F2N2O6. The van der Waals surface area contributed by atoms with Crippen molar-refractivity contribution in [3.63, 3.8) is 0 Å². The van der Waals surface area contributed by atoms with Crippen molar-refractivity contribution in [3.8, 4) is 11.5 Å². The molecule has 38 heavy (non-hydrogen) atoms. The monoisotopic (exact) mass is 522 g/mol. The Hall–Kier alpha value is -4.60. The van der Waals surface area contributed by atoms with Gasteiger partial charge in [0.05, 0.1) is 7.11 Å². The molecule has 0 spiro atoms. The lowest BCUT2D eigenvalue weighted by atomic mass is 9.97. The SMILES string of the molecule is COc1ccnc(C(=O)NC2(C(=O)OC(C)=C(c3ccc(F)cc3)c3ccc(F)cc3)CC2)c1OC(C)=O. The molecular weight excluding hydrogens is 498 g/mol. The summed E-state index contributed by atoms with van der Waals surface area (Å²) in [4.78, 5) is 41.9. The summed E-state index contributed by atoms with van der Waals surface area (Å²) in [5, 5.41) is 2.64. The zero-order chi connectivity index (χ0) is 27.4. The molecule has 1 amide bonds. The number of ether oxygens (including phenoxy) is 3. The molecule has 196 valence electrons. The van der Waals surface area contributed by atoms with Crippen LogP contribution in [-0.4, -0.2) is 35.5 Å². The maximum Gasteiger partial charge on any atom is 0.336 e. The number of aromatic nitrogens is 1. The molecule has 2 aromatic carbocycles. The number of nitrogens with one attached hydrogen (secondary N) is 1. The summed E-state index contributed by atoms with van der Waals surface area (Å²) in [6, 6.07) is 12.6. The number of allylic oxidation sites excluding steroid dienone is 1. The minimum absolute atomic E-state index is 0.120. The Balaban J connectivity index is 1.62. The predicted octanol–water partition coefficient (Wildman–Crippen LogP) is 4.58. The van der Waals surface area contributed by atoms with Crippen LogP contribution in [-0.2, 0) is 14.3 Å². The van der Waals surface area contributed by atoms with E-state index in [1.54, 1.807) is 6.92 Å². The molecule has 3 aromatic rings. The molecule has 0 radical (unpaired) electrons. The van der Waals surface area contributed by atoms with Crippen LogP contribution in [0.25, 0.3) is 5.57 Å². The number of rotatable bonds is 8. The van der Waals surface area contributed by atoms with Gasteiger partial charge in [-0.15, -0.1) is 0 Å². The van der Waals surface area contributed by atoms with Crippen LogP contribution in [0.15, 0.2) is 66.6 Å². The number of esters is 2. The smallest absolute Gasteiger partial charge is 0.336 e. The van der Waals surface area contributed by atoms with E-state index in [1.165, 1.54) is 74.8 Å². The summed E-state index contributed by atoms with van der Waals surface area (Å²) in [5.41, 5.74) is -0.0170. The van der Waals surface area contributed by atoms with Crippen LogP contribution in [0.2, 0.25) is 0 Å². The largest absolute Gasteiger partial charge is 0.493 e. The molecule has 0 atom stereocenters. The van der Waals surface area contributed by atoms with Crippen molar-refractivity contribution in [1.82, 2.24) is 10.3 Å². The summed E-state index contributed by atoms with van der Waals surface area (Å²) in [7, 11) is 1.35. The standard InChI is InChI=1S/C28H24F2N2O6/c1-16(23(18-4-8-20(29)9-5-18)19-6-10-21(30)11-7-19)37-27(35)28(13-14-28)32-26(34)24-25(38-17(2)33)22(36-3)12-15-31-24/h4-12,15H,13-14H2,1-3H3,(H,32,34). The number of hydrogen-bond donors (Lipinski definition) is 1. The first kappa shape index (κ1) is 26.5. The maximum absolute atomic E-state index is 13.6. The number of methoxy groups -OCH3 is 1. The van der Waals surface area contributed by atoms with Crippen LogP contribution in [0.5, 0.6) is 11.5 Å². The van der Waals surface area contributed by atoms with Crippen molar-refractivity contribution < 1.29 is 37.4 Å². The van der Waals surface area contributed by atoms with Crippen molar-refractivity contribution in [3.05, 3.63) is 95.0 Å². The lowest BCUT2D eigenvalue weighted by molar-refractivity contribution is -0.142. The quantitative estimate of drug-likeness (QED) is 0.341. The average Bonchev–Trinajstić information content (AvgIpc) is 3.67. The van der Waals surface area contributed by atoms with E-state index >= 15 is 0 Å². The molecule has 1 aliphatic rings. The Morgan fingerprint density at radius 3 is 1.92 bits per heavy atom. The topological polar surface area (TPSA) is 104 Å². The van der Waals surface area contributed by atoms with E-state index in [0.29, 0.717) is 29.5 Å². The van der Waals surface area contributed by atoms with Gasteiger partial charge in [0, 0.05) is 24.8 Å². The Labute approximate surface area is 217 Å². The fraction of sp³-hybridized carbons (Fsp3) is 0.214. The van der Waals surface area contributed by atoms with Gasteiger partial charge in [0.1, 0.15) is 22.9 Å². The van der Waals surface area contributed by atoms with E-state index in [-0.39, 0.29) is 23.0 Å². The second-order valence-electron chi connectivity index (χ2n) is 8.66. The molecule has 1 aromatic heterocycles. The highest BCUT2D eigenvalue weighted by Gasteiger charge is 2.53. The number of amides is 1. The van der Waals surface area contributed by atoms with E-state index in [2.05, 4.69) is 10.3 Å². The molecule has 1 fully saturated rings. The number of carbonyl (C=O) groups is 3. The highest BCUT2D eigenvalue weighted by atomic mass is 19.1. The van der Waals surface area contributed by atoms with Gasteiger partial charge in [0.2, 0.25) is 5.75 Å². The van der Waals surface area contributed by atoms with Gasteiger partial charge in [-0.05, 0) is 55.2 Å². The zero-order valence-corrected chi connectivity index (χ0v) is 20.8. The van der Waals surface area contributed by atoms with Gasteiger partial charge in [0.25, 0.3) is 5.91 Å². The molecule has 8 nitrogen and oxygen atoms in total. The molecule has 10 heteroatoms. The Morgan fingerprint density at radius 1 is 0.895 bits per heavy atom. The molecule has 0 bridgehead atoms. The first-order valence-corrected chi connectivity index (χ1v) is 11.6. The third-order valence-corrected chi connectivity index (χ3v) is 5.91. The minimum atomic E-state index is -1.33. The van der Waals surface area contributed by atoms with E-state index < -0.39 is 35.0 Å². The lowest BCUT2D eigenvalue weighted by Gasteiger charge is -2.19. The summed E-state index contributed by atoms with van der Waals surface area (Å²) in [5.74, 6) is -2.92. The fourth-order valence-electron chi connectivity index (χ4n) is 3.87. The Kier molecular flexibility index (Phi) is 7.52. The van der Waals surface area contributed by atoms with Crippen LogP contribution in [0.4, 0.5) is 8.78 Å². The van der Waals surface area contributed by atoms with E-state index in [0.717, 1.165) is 0 Å². The Morgan fingerprint density at radius 2 is 1.45 bits per heavy atom. The van der Waals surface area contributed by atoms with E-state index in [9.17, 15) is 23.2 Å². The van der Waals surface area contributed by atoms with Crippen molar-refractivity contribution >= 4 is 23.4 Å². The number of halogens is 2. The summed E-state index contributed by atoms with van der Waals surface area (Å²) < 4.78 is 43.1. The van der Waals surface area contributed by atoms with Gasteiger partial charge >= 0.3 is 11.9 Å². The van der Waals surface area contributed by atoms with Gasteiger partial charge in [-0.2, -0.15) is 0 Å². The zero-order valence-electron chi connectivity index (χ0n) is 20.8. The molecule has 1 saturated carbocycles.